The number of hydrogen-bond acceptors (Lipinski definition) is 5. The van der Waals surface area contributed by atoms with Gasteiger partial charge in [-0.3, -0.25) is 13.9 Å². The number of hydrogen-bond donors (Lipinski definition) is 1. The number of nitrogens with zero attached hydrogens (tertiary/aromatic N) is 2. The van der Waals surface area contributed by atoms with Crippen LogP contribution in [0, 0.1) is 0 Å². The Morgan fingerprint density at radius 3 is 2.09 bits per heavy atom. The van der Waals surface area contributed by atoms with Crippen LogP contribution in [0.25, 0.3) is 0 Å². The van der Waals surface area contributed by atoms with Crippen molar-refractivity contribution in [2.45, 2.75) is 44.2 Å². The fraction of sp³-hybridized carbons (Fsp3) is 0.257. The van der Waals surface area contributed by atoms with E-state index in [1.165, 1.54) is 17.0 Å². The molecule has 1 N–H and O–H groups in total. The van der Waals surface area contributed by atoms with Crippen molar-refractivity contribution in [2.75, 3.05) is 24.0 Å². The lowest BCUT2D eigenvalue weighted by molar-refractivity contribution is -0.140. The Bertz CT molecular complexity index is 1650. The third-order valence-electron chi connectivity index (χ3n) is 7.16. The van der Waals surface area contributed by atoms with Gasteiger partial charge in [-0.2, -0.15) is 0 Å². The lowest BCUT2D eigenvalue weighted by Gasteiger charge is -2.34. The van der Waals surface area contributed by atoms with Crippen molar-refractivity contribution in [1.82, 2.24) is 10.2 Å². The number of para-hydroxylation sites is 1. The summed E-state index contributed by atoms with van der Waals surface area (Å²) in [4.78, 5) is 29.6. The van der Waals surface area contributed by atoms with Crippen molar-refractivity contribution in [3.63, 3.8) is 0 Å². The Kier molecular flexibility index (Phi) is 12.0. The monoisotopic (exact) mass is 647 g/mol. The maximum Gasteiger partial charge on any atom is 0.264 e. The Morgan fingerprint density at radius 1 is 0.844 bits per heavy atom. The molecule has 236 valence electrons. The Morgan fingerprint density at radius 2 is 1.47 bits per heavy atom. The normalized spacial score (nSPS) is 11.8. The molecule has 0 unspecified atom stereocenters. The van der Waals surface area contributed by atoms with Crippen LogP contribution in [-0.4, -0.2) is 50.9 Å². The highest BCUT2D eigenvalue weighted by atomic mass is 35.5. The number of amides is 2. The average Bonchev–Trinajstić information content (AvgIpc) is 3.06. The van der Waals surface area contributed by atoms with Crippen molar-refractivity contribution in [3.8, 4) is 5.75 Å². The molecule has 0 fully saturated rings. The molecular weight excluding hydrogens is 610 g/mol. The van der Waals surface area contributed by atoms with E-state index in [-0.39, 0.29) is 23.8 Å². The largest absolute Gasteiger partial charge is 0.494 e. The fourth-order valence-electron chi connectivity index (χ4n) is 4.85. The predicted octanol–water partition coefficient (Wildman–Crippen LogP) is 6.10. The zero-order chi connectivity index (χ0) is 32.2. The van der Waals surface area contributed by atoms with Gasteiger partial charge in [0, 0.05) is 24.5 Å². The van der Waals surface area contributed by atoms with Crippen LogP contribution >= 0.6 is 11.6 Å². The van der Waals surface area contributed by atoms with Gasteiger partial charge in [-0.25, -0.2) is 8.42 Å². The van der Waals surface area contributed by atoms with Gasteiger partial charge in [0.25, 0.3) is 10.0 Å². The molecule has 4 aromatic carbocycles. The highest BCUT2D eigenvalue weighted by molar-refractivity contribution is 7.92. The second kappa shape index (κ2) is 16.1. The number of carbonyl (C=O) groups is 2. The summed E-state index contributed by atoms with van der Waals surface area (Å²) in [7, 11) is -4.21. The van der Waals surface area contributed by atoms with Crippen LogP contribution in [-0.2, 0) is 32.6 Å². The molecule has 2 amide bonds. The van der Waals surface area contributed by atoms with E-state index < -0.39 is 28.5 Å². The molecule has 0 aliphatic rings. The van der Waals surface area contributed by atoms with Gasteiger partial charge in [0.05, 0.1) is 17.2 Å². The quantitative estimate of drug-likeness (QED) is 0.168. The van der Waals surface area contributed by atoms with E-state index in [1.807, 2.05) is 44.2 Å². The van der Waals surface area contributed by atoms with Crippen LogP contribution in [0.15, 0.2) is 114 Å². The molecule has 0 aliphatic heterocycles. The van der Waals surface area contributed by atoms with Crippen LogP contribution in [0.1, 0.15) is 31.4 Å². The molecule has 0 spiro atoms. The summed E-state index contributed by atoms with van der Waals surface area (Å²) in [5, 5.41) is 3.37. The first-order valence-electron chi connectivity index (χ1n) is 14.9. The lowest BCUT2D eigenvalue weighted by Crippen LogP contribution is -2.53. The lowest BCUT2D eigenvalue weighted by atomic mass is 10.0. The van der Waals surface area contributed by atoms with E-state index in [4.69, 9.17) is 16.3 Å². The van der Waals surface area contributed by atoms with Crippen LogP contribution in [0.3, 0.4) is 0 Å². The van der Waals surface area contributed by atoms with Gasteiger partial charge in [0.2, 0.25) is 11.8 Å². The van der Waals surface area contributed by atoms with Crippen molar-refractivity contribution >= 4 is 39.1 Å². The van der Waals surface area contributed by atoms with Gasteiger partial charge >= 0.3 is 0 Å². The smallest absolute Gasteiger partial charge is 0.264 e. The minimum atomic E-state index is -4.21. The Labute approximate surface area is 270 Å². The number of anilines is 1. The maximum absolute atomic E-state index is 14.4. The summed E-state index contributed by atoms with van der Waals surface area (Å²) in [5.74, 6) is -0.353. The fourth-order valence-corrected chi connectivity index (χ4v) is 6.46. The molecule has 0 radical (unpaired) electrons. The molecule has 1 atom stereocenters. The number of sulfonamides is 1. The number of halogens is 1. The summed E-state index contributed by atoms with van der Waals surface area (Å²) >= 11 is 6.54. The number of rotatable bonds is 15. The van der Waals surface area contributed by atoms with Crippen molar-refractivity contribution < 1.29 is 22.7 Å². The number of benzene rings is 4. The minimum absolute atomic E-state index is 0.00127. The number of carbonyl (C=O) groups excluding carboxylic acids is 2. The molecule has 0 saturated carbocycles. The third kappa shape index (κ3) is 8.86. The van der Waals surface area contributed by atoms with E-state index >= 15 is 0 Å². The summed E-state index contributed by atoms with van der Waals surface area (Å²) in [6.07, 6.45) is 0.938. The first kappa shape index (κ1) is 33.6. The molecule has 8 nitrogen and oxygen atoms in total. The maximum atomic E-state index is 14.4. The first-order valence-corrected chi connectivity index (χ1v) is 16.7. The number of ether oxygens (including phenoxy) is 1. The van der Waals surface area contributed by atoms with Crippen molar-refractivity contribution in [2.24, 2.45) is 0 Å². The molecule has 45 heavy (non-hydrogen) atoms. The topological polar surface area (TPSA) is 96.0 Å². The highest BCUT2D eigenvalue weighted by Crippen LogP contribution is 2.27. The van der Waals surface area contributed by atoms with Gasteiger partial charge in [0.15, 0.2) is 0 Å². The summed E-state index contributed by atoms with van der Waals surface area (Å²) in [6, 6.07) is 30.1. The van der Waals surface area contributed by atoms with Crippen molar-refractivity contribution in [3.05, 3.63) is 125 Å². The van der Waals surface area contributed by atoms with E-state index in [1.54, 1.807) is 66.7 Å². The molecule has 10 heteroatoms. The van der Waals surface area contributed by atoms with Crippen LogP contribution in [0.2, 0.25) is 5.02 Å². The van der Waals surface area contributed by atoms with E-state index in [0.717, 1.165) is 9.87 Å². The molecule has 4 rings (SSSR count). The Balaban J connectivity index is 1.77. The predicted molar refractivity (Wildman–Crippen MR) is 178 cm³/mol. The Hall–Kier alpha value is -4.34. The van der Waals surface area contributed by atoms with Gasteiger partial charge in [-0.15, -0.1) is 0 Å². The minimum Gasteiger partial charge on any atom is -0.494 e. The zero-order valence-electron chi connectivity index (χ0n) is 25.4. The summed E-state index contributed by atoms with van der Waals surface area (Å²) in [6.45, 7) is 4.12. The van der Waals surface area contributed by atoms with Gasteiger partial charge in [-0.05, 0) is 66.9 Å². The molecular formula is C35H38ClN3O5S. The molecule has 0 saturated heterocycles. The zero-order valence-corrected chi connectivity index (χ0v) is 27.0. The molecule has 4 aromatic rings. The SMILES string of the molecule is CCCNC(=O)[C@@H](Cc1ccccc1)N(Cc1ccccc1Cl)C(=O)CN(c1ccccc1)S(=O)(=O)c1ccc(OCC)cc1. The van der Waals surface area contributed by atoms with E-state index in [0.29, 0.717) is 41.6 Å². The first-order chi connectivity index (χ1) is 21.7. The summed E-state index contributed by atoms with van der Waals surface area (Å²) in [5.41, 5.74) is 1.80. The molecule has 0 bridgehead atoms. The summed E-state index contributed by atoms with van der Waals surface area (Å²) < 4.78 is 34.8. The van der Waals surface area contributed by atoms with Crippen LogP contribution in [0.5, 0.6) is 5.75 Å². The standard InChI is InChI=1S/C35H38ClN3O5S/c1-3-23-37-35(41)33(24-27-13-7-5-8-14-27)38(25-28-15-11-12-18-32(28)36)34(40)26-39(29-16-9-6-10-17-29)45(42,43)31-21-19-30(20-22-31)44-4-2/h5-22,33H,3-4,23-26H2,1-2H3,(H,37,41)/t33-/m1/s1. The average molecular weight is 648 g/mol. The number of nitrogens with one attached hydrogen (secondary N) is 1. The van der Waals surface area contributed by atoms with Crippen molar-refractivity contribution in [1.29, 1.82) is 0 Å². The highest BCUT2D eigenvalue weighted by Gasteiger charge is 2.34. The second-order valence-corrected chi connectivity index (χ2v) is 12.6. The molecule has 0 heterocycles. The van der Waals surface area contributed by atoms with E-state index in [9.17, 15) is 18.0 Å². The van der Waals surface area contributed by atoms with Crippen LogP contribution < -0.4 is 14.4 Å². The molecule has 0 aliphatic carbocycles. The van der Waals surface area contributed by atoms with Gasteiger partial charge < -0.3 is 15.0 Å². The third-order valence-corrected chi connectivity index (χ3v) is 9.32. The van der Waals surface area contributed by atoms with E-state index in [2.05, 4.69) is 5.32 Å². The van der Waals surface area contributed by atoms with Gasteiger partial charge in [-0.1, -0.05) is 85.3 Å². The van der Waals surface area contributed by atoms with Crippen LogP contribution in [0.4, 0.5) is 5.69 Å². The van der Waals surface area contributed by atoms with Gasteiger partial charge in [0.1, 0.15) is 18.3 Å². The second-order valence-electron chi connectivity index (χ2n) is 10.4. The molecule has 0 aromatic heterocycles.